The molecule has 2 atom stereocenters. The number of benzene rings is 3. The Morgan fingerprint density at radius 1 is 0.884 bits per heavy atom. The molecule has 3 aromatic carbocycles. The van der Waals surface area contributed by atoms with Gasteiger partial charge in [0.2, 0.25) is 0 Å². The molecule has 0 N–H and O–H groups in total. The largest absolute Gasteiger partial charge is 0.463 e. The molecule has 2 unspecified atom stereocenters. The second kappa shape index (κ2) is 12.6. The fourth-order valence-electron chi connectivity index (χ4n) is 5.69. The maximum Gasteiger partial charge on any atom is 0.410 e. The van der Waals surface area contributed by atoms with Gasteiger partial charge in [-0.3, -0.25) is 4.90 Å². The standard InChI is InChI=1S/C32H29F3N2O6/c1-3-42-29(38)13-12-20-16-36(31(39)41-2)17-28(19-14-26(33)30(35)27(34)15-19)37(20)32(40)43-18-25-23-10-6-4-8-21(23)22-9-5-7-11-24(22)25/h4-15,20,25,28H,3,16-18H2,1-2H3. The van der Waals surface area contributed by atoms with Gasteiger partial charge in [-0.1, -0.05) is 54.6 Å². The number of halogens is 3. The molecule has 1 saturated heterocycles. The van der Waals surface area contributed by atoms with Crippen LogP contribution < -0.4 is 0 Å². The Morgan fingerprint density at radius 3 is 2.07 bits per heavy atom. The summed E-state index contributed by atoms with van der Waals surface area (Å²) >= 11 is 0. The second-order valence-corrected chi connectivity index (χ2v) is 10.1. The topological polar surface area (TPSA) is 85.4 Å². The van der Waals surface area contributed by atoms with E-state index >= 15 is 0 Å². The van der Waals surface area contributed by atoms with E-state index in [1.165, 1.54) is 15.9 Å². The van der Waals surface area contributed by atoms with Crippen molar-refractivity contribution in [2.45, 2.75) is 24.9 Å². The third-order valence-corrected chi connectivity index (χ3v) is 7.61. The van der Waals surface area contributed by atoms with Crippen LogP contribution in [0.1, 0.15) is 35.6 Å². The molecule has 1 aliphatic carbocycles. The summed E-state index contributed by atoms with van der Waals surface area (Å²) in [7, 11) is 1.16. The van der Waals surface area contributed by atoms with Crippen molar-refractivity contribution in [2.75, 3.05) is 33.4 Å². The predicted octanol–water partition coefficient (Wildman–Crippen LogP) is 5.97. The molecule has 0 saturated carbocycles. The minimum Gasteiger partial charge on any atom is -0.463 e. The summed E-state index contributed by atoms with van der Waals surface area (Å²) in [6.07, 6.45) is 0.814. The van der Waals surface area contributed by atoms with E-state index in [9.17, 15) is 27.6 Å². The Bertz CT molecular complexity index is 1510. The minimum atomic E-state index is -1.67. The Hall–Kier alpha value is -4.80. The first-order valence-electron chi connectivity index (χ1n) is 13.7. The van der Waals surface area contributed by atoms with Crippen LogP contribution >= 0.6 is 0 Å². The normalized spacial score (nSPS) is 17.9. The van der Waals surface area contributed by atoms with Gasteiger partial charge in [0.25, 0.3) is 0 Å². The van der Waals surface area contributed by atoms with E-state index in [0.29, 0.717) is 0 Å². The highest BCUT2D eigenvalue weighted by Gasteiger charge is 2.41. The van der Waals surface area contributed by atoms with Crippen LogP contribution in [0.25, 0.3) is 11.1 Å². The molecular weight excluding hydrogens is 565 g/mol. The first kappa shape index (κ1) is 29.7. The summed E-state index contributed by atoms with van der Waals surface area (Å²) in [4.78, 5) is 41.0. The molecule has 0 spiro atoms. The summed E-state index contributed by atoms with van der Waals surface area (Å²) < 4.78 is 58.3. The molecule has 0 aromatic heterocycles. The zero-order valence-electron chi connectivity index (χ0n) is 23.5. The van der Waals surface area contributed by atoms with Gasteiger partial charge in [0, 0.05) is 25.1 Å². The zero-order valence-corrected chi connectivity index (χ0v) is 23.5. The monoisotopic (exact) mass is 594 g/mol. The second-order valence-electron chi connectivity index (χ2n) is 10.1. The van der Waals surface area contributed by atoms with Crippen molar-refractivity contribution < 1.29 is 41.8 Å². The Labute approximate surface area is 246 Å². The lowest BCUT2D eigenvalue weighted by molar-refractivity contribution is -0.137. The summed E-state index contributed by atoms with van der Waals surface area (Å²) in [5, 5.41) is 0. The molecule has 2 amide bonds. The van der Waals surface area contributed by atoms with Crippen molar-refractivity contribution >= 4 is 18.2 Å². The Kier molecular flexibility index (Phi) is 8.70. The molecule has 0 bridgehead atoms. The molecule has 1 fully saturated rings. The SMILES string of the molecule is CCOC(=O)C=CC1CN(C(=O)OC)CC(c2cc(F)c(F)c(F)c2)N1C(=O)OCC1c2ccccc2-c2ccccc21. The van der Waals surface area contributed by atoms with Crippen molar-refractivity contribution in [2.24, 2.45) is 0 Å². The number of fused-ring (bicyclic) bond motifs is 3. The van der Waals surface area contributed by atoms with E-state index in [4.69, 9.17) is 14.2 Å². The number of methoxy groups -OCH3 is 1. The van der Waals surface area contributed by atoms with Gasteiger partial charge in [-0.2, -0.15) is 0 Å². The maximum absolute atomic E-state index is 14.4. The average molecular weight is 595 g/mol. The lowest BCUT2D eigenvalue weighted by atomic mass is 9.97. The van der Waals surface area contributed by atoms with Gasteiger partial charge in [0.1, 0.15) is 6.61 Å². The fraction of sp³-hybridized carbons (Fsp3) is 0.281. The Morgan fingerprint density at radius 2 is 1.49 bits per heavy atom. The van der Waals surface area contributed by atoms with Gasteiger partial charge in [-0.25, -0.2) is 27.6 Å². The average Bonchev–Trinajstić information content (AvgIpc) is 3.34. The highest BCUT2D eigenvalue weighted by molar-refractivity contribution is 5.82. The van der Waals surface area contributed by atoms with Crippen molar-refractivity contribution in [1.29, 1.82) is 0 Å². The molecule has 0 radical (unpaired) electrons. The first-order chi connectivity index (χ1) is 20.7. The minimum absolute atomic E-state index is 0.0583. The first-order valence-corrected chi connectivity index (χ1v) is 13.7. The highest BCUT2D eigenvalue weighted by atomic mass is 19.2. The zero-order chi connectivity index (χ0) is 30.7. The quantitative estimate of drug-likeness (QED) is 0.151. The van der Waals surface area contributed by atoms with Crippen LogP contribution in [0, 0.1) is 17.5 Å². The molecular formula is C32H29F3N2O6. The molecule has 224 valence electrons. The predicted molar refractivity (Wildman–Crippen MR) is 150 cm³/mol. The fourth-order valence-corrected chi connectivity index (χ4v) is 5.69. The van der Waals surface area contributed by atoms with Gasteiger partial charge >= 0.3 is 18.2 Å². The third-order valence-electron chi connectivity index (χ3n) is 7.61. The van der Waals surface area contributed by atoms with Gasteiger partial charge < -0.3 is 19.1 Å². The number of amides is 2. The number of nitrogens with zero attached hydrogens (tertiary/aromatic N) is 2. The van der Waals surface area contributed by atoms with E-state index in [1.54, 1.807) is 6.92 Å². The lowest BCUT2D eigenvalue weighted by Crippen LogP contribution is -2.57. The van der Waals surface area contributed by atoms with Crippen molar-refractivity contribution in [3.63, 3.8) is 0 Å². The van der Waals surface area contributed by atoms with Crippen LogP contribution in [-0.4, -0.2) is 67.4 Å². The molecule has 43 heavy (non-hydrogen) atoms. The number of rotatable bonds is 6. The number of esters is 1. The molecule has 1 heterocycles. The smallest absolute Gasteiger partial charge is 0.410 e. The van der Waals surface area contributed by atoms with Gasteiger partial charge in [0.05, 0.1) is 25.8 Å². The molecule has 3 aromatic rings. The summed E-state index contributed by atoms with van der Waals surface area (Å²) in [6, 6.07) is 14.9. The molecule has 5 rings (SSSR count). The summed E-state index contributed by atoms with van der Waals surface area (Å²) in [5.41, 5.74) is 3.88. The maximum atomic E-state index is 14.4. The van der Waals surface area contributed by atoms with Crippen molar-refractivity contribution in [3.8, 4) is 11.1 Å². The van der Waals surface area contributed by atoms with Crippen molar-refractivity contribution in [3.05, 3.63) is 107 Å². The highest BCUT2D eigenvalue weighted by Crippen LogP contribution is 2.44. The van der Waals surface area contributed by atoms with Gasteiger partial charge in [0.15, 0.2) is 17.5 Å². The number of hydrogen-bond donors (Lipinski definition) is 0. The van der Waals surface area contributed by atoms with Crippen LogP contribution in [-0.2, 0) is 19.0 Å². The van der Waals surface area contributed by atoms with E-state index in [0.717, 1.165) is 47.6 Å². The van der Waals surface area contributed by atoms with Crippen LogP contribution in [0.15, 0.2) is 72.8 Å². The van der Waals surface area contributed by atoms with Crippen LogP contribution in [0.4, 0.5) is 22.8 Å². The molecule has 11 heteroatoms. The van der Waals surface area contributed by atoms with Gasteiger partial charge in [-0.05, 0) is 46.9 Å². The number of ether oxygens (including phenoxy) is 3. The summed E-state index contributed by atoms with van der Waals surface area (Å²) in [6.45, 7) is 1.30. The Balaban J connectivity index is 1.50. The number of piperazine rings is 1. The van der Waals surface area contributed by atoms with E-state index in [2.05, 4.69) is 0 Å². The molecule has 2 aliphatic rings. The lowest BCUT2D eigenvalue weighted by Gasteiger charge is -2.44. The number of carbonyl (C=O) groups is 3. The van der Waals surface area contributed by atoms with Crippen LogP contribution in [0.3, 0.4) is 0 Å². The van der Waals surface area contributed by atoms with Crippen LogP contribution in [0.2, 0.25) is 0 Å². The molecule has 8 nitrogen and oxygen atoms in total. The third kappa shape index (κ3) is 5.93. The molecule has 1 aliphatic heterocycles. The van der Waals surface area contributed by atoms with Crippen LogP contribution in [0.5, 0.6) is 0 Å². The van der Waals surface area contributed by atoms with E-state index in [1.807, 2.05) is 48.5 Å². The number of hydrogen-bond acceptors (Lipinski definition) is 6. The van der Waals surface area contributed by atoms with E-state index < -0.39 is 47.7 Å². The van der Waals surface area contributed by atoms with Gasteiger partial charge in [-0.15, -0.1) is 0 Å². The van der Waals surface area contributed by atoms with E-state index in [-0.39, 0.29) is 37.8 Å². The number of carbonyl (C=O) groups excluding carboxylic acids is 3. The van der Waals surface area contributed by atoms with Crippen molar-refractivity contribution in [1.82, 2.24) is 9.80 Å². The summed E-state index contributed by atoms with van der Waals surface area (Å²) in [5.74, 6) is -5.57.